The topological polar surface area (TPSA) is 59.0 Å². The fourth-order valence-electron chi connectivity index (χ4n) is 1.56. The number of hydrogen-bond donors (Lipinski definition) is 1. The Morgan fingerprint density at radius 1 is 1.22 bits per heavy atom. The minimum atomic E-state index is -0.389. The second kappa shape index (κ2) is 5.19. The fraction of sp³-hybridized carbons (Fsp3) is 0.0714. The van der Waals surface area contributed by atoms with Crippen molar-refractivity contribution in [2.24, 2.45) is 0 Å². The van der Waals surface area contributed by atoms with Gasteiger partial charge in [0.05, 0.1) is 11.6 Å². The van der Waals surface area contributed by atoms with E-state index in [-0.39, 0.29) is 12.4 Å². The summed E-state index contributed by atoms with van der Waals surface area (Å²) < 4.78 is 18.6. The predicted molar refractivity (Wildman–Crippen MR) is 66.3 cm³/mol. The maximum atomic E-state index is 13.1. The van der Waals surface area contributed by atoms with Crippen molar-refractivity contribution in [3.05, 3.63) is 59.4 Å². The third kappa shape index (κ3) is 2.77. The number of anilines is 1. The molecule has 2 rings (SSSR count). The van der Waals surface area contributed by atoms with Crippen molar-refractivity contribution in [2.75, 3.05) is 5.73 Å². The standard InChI is InChI=1S/C14H11FN2O/c15-12-5-4-10(8-16)11(6-12)9-18-14-3-1-2-13(17)7-14/h1-7H,9,17H2. The number of ether oxygens (including phenoxy) is 1. The Balaban J connectivity index is 2.15. The quantitative estimate of drug-likeness (QED) is 0.842. The minimum absolute atomic E-state index is 0.129. The van der Waals surface area contributed by atoms with Crippen molar-refractivity contribution in [3.8, 4) is 11.8 Å². The van der Waals surface area contributed by atoms with Crippen molar-refractivity contribution in [2.45, 2.75) is 6.61 Å². The molecule has 2 aromatic carbocycles. The molecule has 0 atom stereocenters. The molecule has 0 saturated heterocycles. The zero-order valence-electron chi connectivity index (χ0n) is 9.56. The van der Waals surface area contributed by atoms with Crippen LogP contribution in [0.1, 0.15) is 11.1 Å². The molecule has 0 spiro atoms. The lowest BCUT2D eigenvalue weighted by Gasteiger charge is -2.08. The Morgan fingerprint density at radius 2 is 2.06 bits per heavy atom. The second-order valence-corrected chi connectivity index (χ2v) is 3.77. The molecule has 0 radical (unpaired) electrons. The van der Waals surface area contributed by atoms with Crippen LogP contribution in [-0.2, 0) is 6.61 Å². The molecule has 18 heavy (non-hydrogen) atoms. The summed E-state index contributed by atoms with van der Waals surface area (Å²) in [6.45, 7) is 0.129. The number of benzene rings is 2. The Bertz CT molecular complexity index is 605. The van der Waals surface area contributed by atoms with Crippen LogP contribution in [0, 0.1) is 17.1 Å². The lowest BCUT2D eigenvalue weighted by molar-refractivity contribution is 0.305. The normalized spacial score (nSPS) is 9.78. The van der Waals surface area contributed by atoms with E-state index >= 15 is 0 Å². The van der Waals surface area contributed by atoms with Crippen molar-refractivity contribution >= 4 is 5.69 Å². The van der Waals surface area contributed by atoms with Crippen LogP contribution in [0.2, 0.25) is 0 Å². The van der Waals surface area contributed by atoms with Crippen molar-refractivity contribution in [1.29, 1.82) is 5.26 Å². The maximum absolute atomic E-state index is 13.1. The molecule has 0 aromatic heterocycles. The summed E-state index contributed by atoms with van der Waals surface area (Å²) >= 11 is 0. The highest BCUT2D eigenvalue weighted by molar-refractivity contribution is 5.44. The Kier molecular flexibility index (Phi) is 3.44. The average molecular weight is 242 g/mol. The third-order valence-electron chi connectivity index (χ3n) is 2.44. The second-order valence-electron chi connectivity index (χ2n) is 3.77. The molecule has 0 unspecified atom stereocenters. The molecule has 90 valence electrons. The maximum Gasteiger partial charge on any atom is 0.123 e. The van der Waals surface area contributed by atoms with Gasteiger partial charge in [0, 0.05) is 17.3 Å². The average Bonchev–Trinajstić information content (AvgIpc) is 2.37. The van der Waals surface area contributed by atoms with Crippen molar-refractivity contribution in [3.63, 3.8) is 0 Å². The molecule has 0 bridgehead atoms. The van der Waals surface area contributed by atoms with E-state index in [0.717, 1.165) is 0 Å². The number of nitriles is 1. The third-order valence-corrected chi connectivity index (χ3v) is 2.44. The summed E-state index contributed by atoms with van der Waals surface area (Å²) in [6, 6.07) is 12.9. The van der Waals surface area contributed by atoms with Crippen LogP contribution in [0.25, 0.3) is 0 Å². The largest absolute Gasteiger partial charge is 0.489 e. The van der Waals surface area contributed by atoms with Gasteiger partial charge in [0.1, 0.15) is 18.2 Å². The first kappa shape index (κ1) is 11.9. The first-order valence-corrected chi connectivity index (χ1v) is 5.36. The van der Waals surface area contributed by atoms with Gasteiger partial charge in [-0.2, -0.15) is 5.26 Å². The van der Waals surface area contributed by atoms with E-state index in [1.54, 1.807) is 24.3 Å². The highest BCUT2D eigenvalue weighted by atomic mass is 19.1. The van der Waals surface area contributed by atoms with E-state index in [0.29, 0.717) is 22.6 Å². The number of halogens is 1. The summed E-state index contributed by atoms with van der Waals surface area (Å²) in [7, 11) is 0. The van der Waals surface area contributed by atoms with Gasteiger partial charge in [-0.1, -0.05) is 6.07 Å². The van der Waals surface area contributed by atoms with Gasteiger partial charge in [-0.05, 0) is 30.3 Å². The Hall–Kier alpha value is -2.54. The van der Waals surface area contributed by atoms with Gasteiger partial charge in [-0.25, -0.2) is 4.39 Å². The summed E-state index contributed by atoms with van der Waals surface area (Å²) in [5, 5.41) is 8.90. The van der Waals surface area contributed by atoms with Crippen molar-refractivity contribution < 1.29 is 9.13 Å². The Morgan fingerprint density at radius 3 is 2.78 bits per heavy atom. The SMILES string of the molecule is N#Cc1ccc(F)cc1COc1cccc(N)c1. The minimum Gasteiger partial charge on any atom is -0.489 e. The molecule has 0 amide bonds. The van der Waals surface area contributed by atoms with Gasteiger partial charge in [-0.15, -0.1) is 0 Å². The monoisotopic (exact) mass is 242 g/mol. The summed E-state index contributed by atoms with van der Waals surface area (Å²) in [6.07, 6.45) is 0. The van der Waals surface area contributed by atoms with Crippen molar-refractivity contribution in [1.82, 2.24) is 0 Å². The number of nitrogen functional groups attached to an aromatic ring is 1. The van der Waals surface area contributed by atoms with Crippen LogP contribution in [-0.4, -0.2) is 0 Å². The van der Waals surface area contributed by atoms with Gasteiger partial charge in [0.15, 0.2) is 0 Å². The van der Waals surface area contributed by atoms with Crippen LogP contribution in [0.4, 0.5) is 10.1 Å². The molecule has 0 heterocycles. The predicted octanol–water partition coefficient (Wildman–Crippen LogP) is 2.86. The molecule has 4 heteroatoms. The Labute approximate surface area is 104 Å². The molecular weight excluding hydrogens is 231 g/mol. The highest BCUT2D eigenvalue weighted by Gasteiger charge is 2.05. The van der Waals surface area contributed by atoms with Crippen LogP contribution >= 0.6 is 0 Å². The van der Waals surface area contributed by atoms with Crippen LogP contribution in [0.3, 0.4) is 0 Å². The molecule has 0 fully saturated rings. The number of nitrogens with zero attached hydrogens (tertiary/aromatic N) is 1. The van der Waals surface area contributed by atoms with E-state index in [1.165, 1.54) is 18.2 Å². The lowest BCUT2D eigenvalue weighted by Crippen LogP contribution is -1.99. The van der Waals surface area contributed by atoms with Crippen LogP contribution < -0.4 is 10.5 Å². The van der Waals surface area contributed by atoms with E-state index in [2.05, 4.69) is 0 Å². The van der Waals surface area contributed by atoms with Gasteiger partial charge in [-0.3, -0.25) is 0 Å². The summed E-state index contributed by atoms with van der Waals surface area (Å²) in [5.74, 6) is 0.198. The number of nitrogens with two attached hydrogens (primary N) is 1. The molecule has 0 saturated carbocycles. The van der Waals surface area contributed by atoms with Gasteiger partial charge in [0.25, 0.3) is 0 Å². The molecule has 3 nitrogen and oxygen atoms in total. The first-order chi connectivity index (χ1) is 8.69. The first-order valence-electron chi connectivity index (χ1n) is 5.36. The van der Waals surface area contributed by atoms with Crippen LogP contribution in [0.5, 0.6) is 5.75 Å². The molecule has 0 aliphatic rings. The van der Waals surface area contributed by atoms with Gasteiger partial charge >= 0.3 is 0 Å². The van der Waals surface area contributed by atoms with E-state index in [4.69, 9.17) is 15.7 Å². The zero-order valence-corrected chi connectivity index (χ0v) is 9.56. The summed E-state index contributed by atoms with van der Waals surface area (Å²) in [4.78, 5) is 0. The molecular formula is C14H11FN2O. The number of hydrogen-bond acceptors (Lipinski definition) is 3. The highest BCUT2D eigenvalue weighted by Crippen LogP contribution is 2.18. The van der Waals surface area contributed by atoms with E-state index in [9.17, 15) is 4.39 Å². The number of rotatable bonds is 3. The molecule has 2 aromatic rings. The van der Waals surface area contributed by atoms with Gasteiger partial charge in [0.2, 0.25) is 0 Å². The molecule has 2 N–H and O–H groups in total. The fourth-order valence-corrected chi connectivity index (χ4v) is 1.56. The summed E-state index contributed by atoms with van der Waals surface area (Å²) in [5.41, 5.74) is 7.12. The molecule has 0 aliphatic heterocycles. The smallest absolute Gasteiger partial charge is 0.123 e. The molecule has 0 aliphatic carbocycles. The zero-order chi connectivity index (χ0) is 13.0. The lowest BCUT2D eigenvalue weighted by atomic mass is 10.1. The van der Waals surface area contributed by atoms with E-state index < -0.39 is 0 Å². The van der Waals surface area contributed by atoms with Crippen LogP contribution in [0.15, 0.2) is 42.5 Å². The van der Waals surface area contributed by atoms with E-state index in [1.807, 2.05) is 6.07 Å². The van der Waals surface area contributed by atoms with Gasteiger partial charge < -0.3 is 10.5 Å².